The number of hydrogen-bond acceptors (Lipinski definition) is 6. The van der Waals surface area contributed by atoms with Gasteiger partial charge < -0.3 is 15.5 Å². The average molecular weight is 399 g/mol. The summed E-state index contributed by atoms with van der Waals surface area (Å²) in [7, 11) is 0. The van der Waals surface area contributed by atoms with Crippen LogP contribution in [0.15, 0.2) is 39.9 Å². The van der Waals surface area contributed by atoms with Crippen LogP contribution in [0.2, 0.25) is 0 Å². The fourth-order valence-electron chi connectivity index (χ4n) is 3.05. The summed E-state index contributed by atoms with van der Waals surface area (Å²) in [5.74, 6) is 1.37. The second-order valence-corrected chi connectivity index (χ2v) is 7.87. The lowest BCUT2D eigenvalue weighted by Gasteiger charge is -2.11. The number of carbonyl (C=O) groups is 2. The molecule has 1 fully saturated rings. The zero-order chi connectivity index (χ0) is 19.7. The van der Waals surface area contributed by atoms with Crippen molar-refractivity contribution in [3.63, 3.8) is 0 Å². The maximum Gasteiger partial charge on any atom is 0.237 e. The molecule has 8 nitrogen and oxygen atoms in total. The summed E-state index contributed by atoms with van der Waals surface area (Å²) in [6.07, 6.45) is 2.08. The summed E-state index contributed by atoms with van der Waals surface area (Å²) >= 11 is 1.24. The number of benzene rings is 1. The van der Waals surface area contributed by atoms with Gasteiger partial charge >= 0.3 is 0 Å². The molecule has 1 aliphatic carbocycles. The van der Waals surface area contributed by atoms with Crippen LogP contribution in [-0.4, -0.2) is 32.3 Å². The van der Waals surface area contributed by atoms with Gasteiger partial charge in [-0.1, -0.05) is 30.0 Å². The van der Waals surface area contributed by atoms with Gasteiger partial charge in [0.2, 0.25) is 11.8 Å². The Kier molecular flexibility index (Phi) is 5.08. The Hall–Kier alpha value is -2.81. The normalized spacial score (nSPS) is 14.9. The lowest BCUT2D eigenvalue weighted by Crippen LogP contribution is -2.28. The van der Waals surface area contributed by atoms with Crippen molar-refractivity contribution in [2.45, 2.75) is 43.4 Å². The monoisotopic (exact) mass is 399 g/mol. The number of rotatable bonds is 8. The molecule has 1 saturated carbocycles. The van der Waals surface area contributed by atoms with E-state index in [1.807, 2.05) is 37.3 Å². The minimum absolute atomic E-state index is 0.0260. The van der Waals surface area contributed by atoms with E-state index in [9.17, 15) is 9.59 Å². The minimum Gasteiger partial charge on any atom is -0.459 e. The fraction of sp³-hybridized carbons (Fsp3) is 0.368. The first kappa shape index (κ1) is 18.5. The van der Waals surface area contributed by atoms with Gasteiger partial charge in [-0.2, -0.15) is 0 Å². The third-order valence-corrected chi connectivity index (χ3v) is 5.55. The number of aromatic nitrogens is 3. The molecule has 4 rings (SSSR count). The number of nitrogens with two attached hydrogens (primary N) is 1. The molecule has 2 heterocycles. The van der Waals surface area contributed by atoms with E-state index < -0.39 is 5.91 Å². The molecule has 0 radical (unpaired) electrons. The Morgan fingerprint density at radius 1 is 1.36 bits per heavy atom. The molecule has 1 aliphatic rings. The van der Waals surface area contributed by atoms with Gasteiger partial charge in [-0.3, -0.25) is 14.2 Å². The molecule has 1 atom stereocenters. The van der Waals surface area contributed by atoms with Crippen molar-refractivity contribution in [1.29, 1.82) is 0 Å². The fourth-order valence-corrected chi connectivity index (χ4v) is 3.81. The Bertz CT molecular complexity index is 991. The molecule has 0 aliphatic heterocycles. The van der Waals surface area contributed by atoms with Gasteiger partial charge in [0.1, 0.15) is 23.7 Å². The van der Waals surface area contributed by atoms with E-state index in [2.05, 4.69) is 15.5 Å². The van der Waals surface area contributed by atoms with Gasteiger partial charge in [0.05, 0.1) is 11.8 Å². The number of hydrogen-bond donors (Lipinski definition) is 2. The van der Waals surface area contributed by atoms with Crippen LogP contribution in [-0.2, 0) is 16.1 Å². The molecule has 3 N–H and O–H groups in total. The minimum atomic E-state index is -0.452. The molecular weight excluding hydrogens is 378 g/mol. The van der Waals surface area contributed by atoms with Gasteiger partial charge in [-0.05, 0) is 31.9 Å². The Labute approximate surface area is 165 Å². The first-order valence-corrected chi connectivity index (χ1v) is 10.1. The van der Waals surface area contributed by atoms with E-state index in [1.165, 1.54) is 11.8 Å². The van der Waals surface area contributed by atoms with Crippen LogP contribution >= 0.6 is 11.8 Å². The molecule has 0 saturated heterocycles. The number of thioether (sulfide) groups is 1. The number of para-hydroxylation sites is 1. The first-order chi connectivity index (χ1) is 13.5. The zero-order valence-electron chi connectivity index (χ0n) is 15.4. The van der Waals surface area contributed by atoms with Crippen LogP contribution in [0.4, 0.5) is 0 Å². The van der Waals surface area contributed by atoms with Crippen LogP contribution in [0.1, 0.15) is 43.3 Å². The van der Waals surface area contributed by atoms with E-state index in [-0.39, 0.29) is 24.2 Å². The molecule has 9 heteroatoms. The maximum atomic E-state index is 12.4. The molecule has 1 aromatic carbocycles. The summed E-state index contributed by atoms with van der Waals surface area (Å²) < 4.78 is 7.52. The predicted molar refractivity (Wildman–Crippen MR) is 105 cm³/mol. The van der Waals surface area contributed by atoms with Crippen molar-refractivity contribution >= 4 is 34.5 Å². The third-order valence-electron chi connectivity index (χ3n) is 4.58. The van der Waals surface area contributed by atoms with Crippen LogP contribution < -0.4 is 11.1 Å². The lowest BCUT2D eigenvalue weighted by atomic mass is 10.2. The van der Waals surface area contributed by atoms with E-state index in [0.717, 1.165) is 29.6 Å². The van der Waals surface area contributed by atoms with Gasteiger partial charge in [0.15, 0.2) is 5.16 Å². The number of amides is 2. The number of nitrogens with one attached hydrogen (secondary N) is 1. The topological polar surface area (TPSA) is 116 Å². The lowest BCUT2D eigenvalue weighted by molar-refractivity contribution is -0.119. The van der Waals surface area contributed by atoms with Gasteiger partial charge in [-0.15, -0.1) is 10.2 Å². The highest BCUT2D eigenvalue weighted by molar-refractivity contribution is 7.99. The van der Waals surface area contributed by atoms with Crippen molar-refractivity contribution in [1.82, 2.24) is 20.1 Å². The van der Waals surface area contributed by atoms with Crippen molar-refractivity contribution < 1.29 is 14.0 Å². The molecule has 2 amide bonds. The number of furan rings is 1. The van der Waals surface area contributed by atoms with Crippen molar-refractivity contribution in [3.8, 4) is 0 Å². The summed E-state index contributed by atoms with van der Waals surface area (Å²) in [5.41, 5.74) is 6.14. The van der Waals surface area contributed by atoms with E-state index in [4.69, 9.17) is 10.2 Å². The molecular formula is C19H21N5O3S. The van der Waals surface area contributed by atoms with E-state index in [0.29, 0.717) is 16.8 Å². The quantitative estimate of drug-likeness (QED) is 0.562. The summed E-state index contributed by atoms with van der Waals surface area (Å²) in [6.45, 7) is 1.90. The van der Waals surface area contributed by atoms with E-state index >= 15 is 0 Å². The Morgan fingerprint density at radius 3 is 2.86 bits per heavy atom. The second kappa shape index (κ2) is 7.67. The Balaban J connectivity index is 1.38. The van der Waals surface area contributed by atoms with Crippen molar-refractivity contribution in [3.05, 3.63) is 41.9 Å². The smallest absolute Gasteiger partial charge is 0.237 e. The number of nitrogens with zero attached hydrogens (tertiary/aromatic N) is 3. The summed E-state index contributed by atoms with van der Waals surface area (Å²) in [6, 6.07) is 9.39. The number of fused-ring (bicyclic) bond motifs is 1. The average Bonchev–Trinajstić information content (AvgIpc) is 3.28. The van der Waals surface area contributed by atoms with E-state index in [1.54, 1.807) is 4.57 Å². The van der Waals surface area contributed by atoms with Crippen LogP contribution in [0.25, 0.3) is 11.0 Å². The highest BCUT2D eigenvalue weighted by Crippen LogP contribution is 2.40. The van der Waals surface area contributed by atoms with Crippen molar-refractivity contribution in [2.75, 3.05) is 5.75 Å². The predicted octanol–water partition coefficient (Wildman–Crippen LogP) is 2.36. The third kappa shape index (κ3) is 4.04. The SMILES string of the molecule is C[C@@H](NC(=O)CSc1nnc(C2CC2)n1CC(N)=O)c1cc2ccccc2o1. The molecule has 0 bridgehead atoms. The molecule has 28 heavy (non-hydrogen) atoms. The molecule has 0 unspecified atom stereocenters. The highest BCUT2D eigenvalue weighted by atomic mass is 32.2. The zero-order valence-corrected chi connectivity index (χ0v) is 16.2. The largest absolute Gasteiger partial charge is 0.459 e. The first-order valence-electron chi connectivity index (χ1n) is 9.13. The van der Waals surface area contributed by atoms with Gasteiger partial charge in [0, 0.05) is 11.3 Å². The Morgan fingerprint density at radius 2 is 2.14 bits per heavy atom. The second-order valence-electron chi connectivity index (χ2n) is 6.93. The summed E-state index contributed by atoms with van der Waals surface area (Å²) in [4.78, 5) is 23.8. The van der Waals surface area contributed by atoms with Crippen molar-refractivity contribution in [2.24, 2.45) is 5.73 Å². The number of carbonyl (C=O) groups excluding carboxylic acids is 2. The maximum absolute atomic E-state index is 12.4. The highest BCUT2D eigenvalue weighted by Gasteiger charge is 2.31. The van der Waals surface area contributed by atoms with Gasteiger partial charge in [-0.25, -0.2) is 0 Å². The van der Waals surface area contributed by atoms with Crippen LogP contribution in [0.3, 0.4) is 0 Å². The molecule has 3 aromatic rings. The molecule has 2 aromatic heterocycles. The van der Waals surface area contributed by atoms with Crippen LogP contribution in [0.5, 0.6) is 0 Å². The molecule has 0 spiro atoms. The van der Waals surface area contributed by atoms with Crippen LogP contribution in [0, 0.1) is 0 Å². The number of primary amides is 1. The standard InChI is InChI=1S/C19H21N5O3S/c1-11(15-8-13-4-2-3-5-14(13)27-15)21-17(26)10-28-19-23-22-18(12-6-7-12)24(19)9-16(20)25/h2-5,8,11-12H,6-7,9-10H2,1H3,(H2,20,25)(H,21,26)/t11-/m1/s1. The van der Waals surface area contributed by atoms with Gasteiger partial charge in [0.25, 0.3) is 0 Å². The molecule has 146 valence electrons. The summed E-state index contributed by atoms with van der Waals surface area (Å²) in [5, 5.41) is 12.8.